The Morgan fingerprint density at radius 1 is 1.00 bits per heavy atom. The molecule has 3 rings (SSSR count). The molecule has 1 heterocycles. The zero-order valence-electron chi connectivity index (χ0n) is 11.6. The molecule has 0 aliphatic carbocycles. The number of hydrogen-bond donors (Lipinski definition) is 0. The fraction of sp³-hybridized carbons (Fsp3) is 0.111. The van der Waals surface area contributed by atoms with Gasteiger partial charge in [0.2, 0.25) is 0 Å². The van der Waals surface area contributed by atoms with Crippen molar-refractivity contribution in [3.8, 4) is 11.5 Å². The predicted octanol–water partition coefficient (Wildman–Crippen LogP) is 6.08. The highest BCUT2D eigenvalue weighted by Gasteiger charge is 2.15. The Kier molecular flexibility index (Phi) is 5.51. The van der Waals surface area contributed by atoms with E-state index in [1.165, 1.54) is 9.79 Å². The molecule has 0 aromatic heterocycles. The van der Waals surface area contributed by atoms with E-state index < -0.39 is 0 Å². The highest BCUT2D eigenvalue weighted by Crippen LogP contribution is 2.46. The van der Waals surface area contributed by atoms with Crippen molar-refractivity contribution in [2.45, 2.75) is 23.1 Å². The van der Waals surface area contributed by atoms with Crippen molar-refractivity contribution >= 4 is 11.8 Å². The largest absolute Gasteiger partial charge is 0.455 e. The van der Waals surface area contributed by atoms with Crippen LogP contribution >= 0.6 is 11.8 Å². The number of rotatable bonds is 2. The lowest BCUT2D eigenvalue weighted by Gasteiger charge is -2.18. The number of allylic oxidation sites excluding steroid dienone is 3. The summed E-state index contributed by atoms with van der Waals surface area (Å²) >= 11 is 1.76. The van der Waals surface area contributed by atoms with Crippen molar-refractivity contribution < 1.29 is 4.74 Å². The highest BCUT2D eigenvalue weighted by molar-refractivity contribution is 7.99. The van der Waals surface area contributed by atoms with Crippen LogP contribution in [0, 0.1) is 0 Å². The molecule has 2 aromatic carbocycles. The minimum absolute atomic E-state index is 0.955. The molecular formula is C18H18OS. The normalized spacial score (nSPS) is 11.7. The molecule has 20 heavy (non-hydrogen) atoms. The van der Waals surface area contributed by atoms with Crippen LogP contribution < -0.4 is 4.74 Å². The Morgan fingerprint density at radius 3 is 2.00 bits per heavy atom. The van der Waals surface area contributed by atoms with E-state index in [0.29, 0.717) is 0 Å². The van der Waals surface area contributed by atoms with Crippen molar-refractivity contribution in [1.82, 2.24) is 0 Å². The quantitative estimate of drug-likeness (QED) is 0.526. The van der Waals surface area contributed by atoms with Crippen LogP contribution in [-0.4, -0.2) is 0 Å². The molecule has 1 aliphatic heterocycles. The molecule has 2 heteroatoms. The minimum atomic E-state index is 0.955. The summed E-state index contributed by atoms with van der Waals surface area (Å²) in [5, 5.41) is 0. The van der Waals surface area contributed by atoms with Crippen LogP contribution in [0.3, 0.4) is 0 Å². The summed E-state index contributed by atoms with van der Waals surface area (Å²) in [6.07, 6.45) is 6.89. The Labute approximate surface area is 125 Å². The number of benzene rings is 2. The first kappa shape index (κ1) is 14.5. The molecule has 0 bridgehead atoms. The molecular weight excluding hydrogens is 264 g/mol. The average molecular weight is 282 g/mol. The minimum Gasteiger partial charge on any atom is -0.455 e. The molecule has 0 saturated carbocycles. The van der Waals surface area contributed by atoms with Gasteiger partial charge in [-0.2, -0.15) is 0 Å². The maximum atomic E-state index is 5.76. The standard InChI is InChI=1S/C12H8OS.C6H10/c1-3-7-11-9(5-1)13-10-6-2-4-8-12(10)14-11;1-3-5-6-4-2/h1-8H;3,5-6H,1,4H2,2H3. The van der Waals surface area contributed by atoms with Crippen LogP contribution in [0.25, 0.3) is 0 Å². The van der Waals surface area contributed by atoms with Gasteiger partial charge in [0.1, 0.15) is 11.5 Å². The van der Waals surface area contributed by atoms with Gasteiger partial charge in [0.25, 0.3) is 0 Å². The first-order valence-corrected chi connectivity index (χ1v) is 7.48. The zero-order valence-corrected chi connectivity index (χ0v) is 12.4. The van der Waals surface area contributed by atoms with E-state index in [4.69, 9.17) is 4.74 Å². The molecule has 1 aliphatic rings. The number of para-hydroxylation sites is 2. The SMILES string of the molecule is C=CC=CCC.c1ccc2c(c1)Oc1ccccc1S2. The van der Waals surface area contributed by atoms with Gasteiger partial charge in [0.15, 0.2) is 0 Å². The summed E-state index contributed by atoms with van der Waals surface area (Å²) in [6, 6.07) is 16.2. The van der Waals surface area contributed by atoms with Crippen LogP contribution in [0.4, 0.5) is 0 Å². The third kappa shape index (κ3) is 3.78. The van der Waals surface area contributed by atoms with Gasteiger partial charge in [-0.05, 0) is 30.7 Å². The second-order valence-corrected chi connectivity index (χ2v) is 5.25. The first-order valence-electron chi connectivity index (χ1n) is 6.66. The van der Waals surface area contributed by atoms with E-state index in [-0.39, 0.29) is 0 Å². The molecule has 0 radical (unpaired) electrons. The number of fused-ring (bicyclic) bond motifs is 2. The van der Waals surface area contributed by atoms with Gasteiger partial charge in [-0.1, -0.05) is 67.8 Å². The number of hydrogen-bond acceptors (Lipinski definition) is 2. The smallest absolute Gasteiger partial charge is 0.141 e. The maximum absolute atomic E-state index is 5.76. The summed E-state index contributed by atoms with van der Waals surface area (Å²) in [5.41, 5.74) is 0. The van der Waals surface area contributed by atoms with Gasteiger partial charge in [-0.15, -0.1) is 0 Å². The summed E-state index contributed by atoms with van der Waals surface area (Å²) < 4.78 is 5.76. The Bertz CT molecular complexity index is 514. The molecule has 0 spiro atoms. The van der Waals surface area contributed by atoms with Gasteiger partial charge in [0, 0.05) is 0 Å². The Balaban J connectivity index is 0.000000212. The first-order chi connectivity index (χ1) is 9.85. The van der Waals surface area contributed by atoms with E-state index in [0.717, 1.165) is 17.9 Å². The molecule has 0 unspecified atom stereocenters. The fourth-order valence-electron chi connectivity index (χ4n) is 1.71. The van der Waals surface area contributed by atoms with Crippen LogP contribution in [0.15, 0.2) is 83.1 Å². The van der Waals surface area contributed by atoms with Crippen molar-refractivity contribution in [3.63, 3.8) is 0 Å². The molecule has 0 amide bonds. The van der Waals surface area contributed by atoms with E-state index in [2.05, 4.69) is 31.7 Å². The van der Waals surface area contributed by atoms with E-state index in [9.17, 15) is 0 Å². The van der Waals surface area contributed by atoms with E-state index >= 15 is 0 Å². The molecule has 2 aromatic rings. The average Bonchev–Trinajstić information content (AvgIpc) is 2.51. The lowest BCUT2D eigenvalue weighted by atomic mass is 10.3. The van der Waals surface area contributed by atoms with Gasteiger partial charge in [-0.25, -0.2) is 0 Å². The Morgan fingerprint density at radius 2 is 1.55 bits per heavy atom. The van der Waals surface area contributed by atoms with Crippen molar-refractivity contribution in [1.29, 1.82) is 0 Å². The lowest BCUT2D eigenvalue weighted by Crippen LogP contribution is -1.93. The monoisotopic (exact) mass is 282 g/mol. The fourth-order valence-corrected chi connectivity index (χ4v) is 2.66. The summed E-state index contributed by atoms with van der Waals surface area (Å²) in [6.45, 7) is 5.61. The topological polar surface area (TPSA) is 9.23 Å². The highest BCUT2D eigenvalue weighted by atomic mass is 32.2. The van der Waals surface area contributed by atoms with Gasteiger partial charge < -0.3 is 4.74 Å². The molecule has 0 atom stereocenters. The van der Waals surface area contributed by atoms with E-state index in [1.807, 2.05) is 42.5 Å². The van der Waals surface area contributed by atoms with Crippen molar-refractivity contribution in [2.75, 3.05) is 0 Å². The van der Waals surface area contributed by atoms with Crippen LogP contribution in [0.5, 0.6) is 11.5 Å². The van der Waals surface area contributed by atoms with Crippen LogP contribution in [-0.2, 0) is 0 Å². The summed E-state index contributed by atoms with van der Waals surface area (Å²) in [5.74, 6) is 1.91. The van der Waals surface area contributed by atoms with Crippen LogP contribution in [0.2, 0.25) is 0 Å². The Hall–Kier alpha value is -1.93. The predicted molar refractivity (Wildman–Crippen MR) is 86.7 cm³/mol. The molecule has 1 nitrogen and oxygen atoms in total. The zero-order chi connectivity index (χ0) is 14.2. The molecule has 0 N–H and O–H groups in total. The van der Waals surface area contributed by atoms with E-state index in [1.54, 1.807) is 17.8 Å². The lowest BCUT2D eigenvalue weighted by molar-refractivity contribution is 0.454. The third-order valence-corrected chi connectivity index (χ3v) is 3.76. The maximum Gasteiger partial charge on any atom is 0.141 e. The van der Waals surface area contributed by atoms with Gasteiger partial charge >= 0.3 is 0 Å². The van der Waals surface area contributed by atoms with Crippen LogP contribution in [0.1, 0.15) is 13.3 Å². The van der Waals surface area contributed by atoms with Gasteiger partial charge in [-0.3, -0.25) is 0 Å². The summed E-state index contributed by atoms with van der Waals surface area (Å²) in [4.78, 5) is 2.37. The molecule has 0 fully saturated rings. The summed E-state index contributed by atoms with van der Waals surface area (Å²) in [7, 11) is 0. The molecule has 0 saturated heterocycles. The number of ether oxygens (including phenoxy) is 1. The van der Waals surface area contributed by atoms with Gasteiger partial charge in [0.05, 0.1) is 9.79 Å². The second kappa shape index (κ2) is 7.61. The van der Waals surface area contributed by atoms with Crippen molar-refractivity contribution in [2.24, 2.45) is 0 Å². The third-order valence-electron chi connectivity index (χ3n) is 2.65. The van der Waals surface area contributed by atoms with Crippen molar-refractivity contribution in [3.05, 3.63) is 73.3 Å². The second-order valence-electron chi connectivity index (χ2n) is 4.17. The molecule has 102 valence electrons.